The molecule has 3 rings (SSSR count). The minimum Gasteiger partial charge on any atom is -0.370 e. The Bertz CT molecular complexity index is 867. The Balaban J connectivity index is 1.76. The molecule has 11 heteroatoms. The zero-order valence-electron chi connectivity index (χ0n) is 16.2. The van der Waals surface area contributed by atoms with Crippen LogP contribution in [0.3, 0.4) is 0 Å². The summed E-state index contributed by atoms with van der Waals surface area (Å²) in [5.74, 6) is 0.574. The SMILES string of the molecule is CCNC(=NCc1nccn1C(F)F)N1CCOC(c2cccc(C(F)(F)F)c2)C1. The summed E-state index contributed by atoms with van der Waals surface area (Å²) in [6.45, 7) is 0.645. The molecule has 1 aliphatic heterocycles. The van der Waals surface area contributed by atoms with Crippen LogP contribution < -0.4 is 5.32 Å². The molecular formula is C19H22F5N5O. The van der Waals surface area contributed by atoms with Gasteiger partial charge < -0.3 is 15.0 Å². The van der Waals surface area contributed by atoms with Crippen molar-refractivity contribution in [3.63, 3.8) is 0 Å². The van der Waals surface area contributed by atoms with Gasteiger partial charge in [-0.2, -0.15) is 22.0 Å². The summed E-state index contributed by atoms with van der Waals surface area (Å²) in [4.78, 5) is 10.1. The molecule has 1 fully saturated rings. The van der Waals surface area contributed by atoms with Crippen molar-refractivity contribution in [1.29, 1.82) is 0 Å². The Labute approximate surface area is 170 Å². The number of morpholine rings is 1. The van der Waals surface area contributed by atoms with Crippen molar-refractivity contribution in [3.05, 3.63) is 53.6 Å². The van der Waals surface area contributed by atoms with Crippen LogP contribution in [0.15, 0.2) is 41.7 Å². The second-order valence-electron chi connectivity index (χ2n) is 6.63. The fraction of sp³-hybridized carbons (Fsp3) is 0.474. The van der Waals surface area contributed by atoms with E-state index in [9.17, 15) is 22.0 Å². The van der Waals surface area contributed by atoms with Gasteiger partial charge in [0.05, 0.1) is 18.7 Å². The largest absolute Gasteiger partial charge is 0.416 e. The highest BCUT2D eigenvalue weighted by Gasteiger charge is 2.32. The van der Waals surface area contributed by atoms with E-state index < -0.39 is 24.4 Å². The third-order valence-corrected chi connectivity index (χ3v) is 4.62. The summed E-state index contributed by atoms with van der Waals surface area (Å²) in [6, 6.07) is 5.04. The van der Waals surface area contributed by atoms with Crippen molar-refractivity contribution in [1.82, 2.24) is 19.8 Å². The summed E-state index contributed by atoms with van der Waals surface area (Å²) in [7, 11) is 0. The first-order chi connectivity index (χ1) is 14.3. The fourth-order valence-electron chi connectivity index (χ4n) is 3.17. The van der Waals surface area contributed by atoms with Crippen LogP contribution in [0.5, 0.6) is 0 Å². The first-order valence-electron chi connectivity index (χ1n) is 9.41. The molecule has 164 valence electrons. The molecule has 2 aromatic rings. The highest BCUT2D eigenvalue weighted by atomic mass is 19.4. The van der Waals surface area contributed by atoms with Gasteiger partial charge in [0, 0.05) is 25.5 Å². The van der Waals surface area contributed by atoms with E-state index in [-0.39, 0.29) is 25.5 Å². The molecule has 2 heterocycles. The molecule has 1 aromatic heterocycles. The Morgan fingerprint density at radius 3 is 2.87 bits per heavy atom. The molecule has 1 aromatic carbocycles. The van der Waals surface area contributed by atoms with Crippen molar-refractivity contribution in [2.45, 2.75) is 32.3 Å². The molecular weight excluding hydrogens is 409 g/mol. The first kappa shape index (κ1) is 22.0. The van der Waals surface area contributed by atoms with Gasteiger partial charge in [-0.25, -0.2) is 9.98 Å². The van der Waals surface area contributed by atoms with Crippen LogP contribution in [0, 0.1) is 0 Å². The Morgan fingerprint density at radius 1 is 1.37 bits per heavy atom. The molecule has 0 saturated carbocycles. The van der Waals surface area contributed by atoms with Gasteiger partial charge in [-0.05, 0) is 24.6 Å². The zero-order chi connectivity index (χ0) is 21.7. The molecule has 30 heavy (non-hydrogen) atoms. The number of imidazole rings is 1. The van der Waals surface area contributed by atoms with Gasteiger partial charge in [-0.3, -0.25) is 4.57 Å². The van der Waals surface area contributed by atoms with Crippen LogP contribution >= 0.6 is 0 Å². The maximum Gasteiger partial charge on any atom is 0.416 e. The lowest BCUT2D eigenvalue weighted by Gasteiger charge is -2.35. The van der Waals surface area contributed by atoms with Gasteiger partial charge in [0.1, 0.15) is 18.5 Å². The number of aliphatic imine (C=N–C) groups is 1. The summed E-state index contributed by atoms with van der Waals surface area (Å²) in [6.07, 6.45) is -2.55. The highest BCUT2D eigenvalue weighted by molar-refractivity contribution is 5.80. The standard InChI is InChI=1S/C19H22F5N5O/c1-2-25-18(27-11-16-26-6-7-29(16)17(20)21)28-8-9-30-15(12-28)13-4-3-5-14(10-13)19(22,23)24/h3-7,10,15,17H,2,8-9,11-12H2,1H3,(H,25,27). The van der Waals surface area contributed by atoms with Crippen LogP contribution in [-0.2, 0) is 17.5 Å². The molecule has 1 N–H and O–H groups in total. The molecule has 1 atom stereocenters. The van der Waals surface area contributed by atoms with Crippen molar-refractivity contribution in [2.24, 2.45) is 4.99 Å². The maximum atomic E-state index is 13.0. The number of rotatable bonds is 5. The summed E-state index contributed by atoms with van der Waals surface area (Å²) >= 11 is 0. The third-order valence-electron chi connectivity index (χ3n) is 4.62. The molecule has 0 radical (unpaired) electrons. The quantitative estimate of drug-likeness (QED) is 0.444. The topological polar surface area (TPSA) is 54.7 Å². The van der Waals surface area contributed by atoms with Crippen molar-refractivity contribution in [2.75, 3.05) is 26.2 Å². The zero-order valence-corrected chi connectivity index (χ0v) is 16.2. The first-order valence-corrected chi connectivity index (χ1v) is 9.41. The van der Waals surface area contributed by atoms with E-state index in [1.807, 2.05) is 11.8 Å². The number of halogens is 5. The molecule has 1 unspecified atom stereocenters. The molecule has 1 saturated heterocycles. The second kappa shape index (κ2) is 9.41. The number of hydrogen-bond donors (Lipinski definition) is 1. The maximum absolute atomic E-state index is 13.0. The van der Waals surface area contributed by atoms with Gasteiger partial charge in [0.15, 0.2) is 5.96 Å². The summed E-state index contributed by atoms with van der Waals surface area (Å²) in [5, 5.41) is 3.09. The number of nitrogens with one attached hydrogen (secondary N) is 1. The van der Waals surface area contributed by atoms with Gasteiger partial charge in [0.25, 0.3) is 0 Å². The molecule has 1 aliphatic rings. The van der Waals surface area contributed by atoms with E-state index in [2.05, 4.69) is 15.3 Å². The number of ether oxygens (including phenoxy) is 1. The van der Waals surface area contributed by atoms with Crippen LogP contribution in [0.2, 0.25) is 0 Å². The molecule has 0 aliphatic carbocycles. The average Bonchev–Trinajstić information content (AvgIpc) is 3.20. The minimum absolute atomic E-state index is 0.0642. The number of nitrogens with zero attached hydrogens (tertiary/aromatic N) is 4. The fourth-order valence-corrected chi connectivity index (χ4v) is 3.17. The summed E-state index contributed by atoms with van der Waals surface area (Å²) < 4.78 is 71.5. The molecule has 0 spiro atoms. The number of benzene rings is 1. The third kappa shape index (κ3) is 5.26. The monoisotopic (exact) mass is 431 g/mol. The van der Waals surface area contributed by atoms with Gasteiger partial charge in [0.2, 0.25) is 0 Å². The van der Waals surface area contributed by atoms with E-state index in [0.717, 1.165) is 16.7 Å². The van der Waals surface area contributed by atoms with Crippen LogP contribution in [0.25, 0.3) is 0 Å². The lowest BCUT2D eigenvalue weighted by Crippen LogP contribution is -2.48. The van der Waals surface area contributed by atoms with E-state index >= 15 is 0 Å². The molecule has 0 amide bonds. The number of alkyl halides is 5. The number of hydrogen-bond acceptors (Lipinski definition) is 3. The molecule has 0 bridgehead atoms. The predicted octanol–water partition coefficient (Wildman–Crippen LogP) is 3.84. The van der Waals surface area contributed by atoms with Gasteiger partial charge >= 0.3 is 12.7 Å². The van der Waals surface area contributed by atoms with E-state index in [4.69, 9.17) is 4.74 Å². The van der Waals surface area contributed by atoms with Crippen LogP contribution in [0.1, 0.15) is 36.5 Å². The van der Waals surface area contributed by atoms with E-state index in [0.29, 0.717) is 24.6 Å². The second-order valence-corrected chi connectivity index (χ2v) is 6.63. The Hall–Kier alpha value is -2.69. The molecule has 6 nitrogen and oxygen atoms in total. The Kier molecular flexibility index (Phi) is 6.91. The van der Waals surface area contributed by atoms with E-state index in [1.54, 1.807) is 6.07 Å². The minimum atomic E-state index is -4.44. The van der Waals surface area contributed by atoms with Crippen LogP contribution in [0.4, 0.5) is 22.0 Å². The Morgan fingerprint density at radius 2 is 2.17 bits per heavy atom. The lowest BCUT2D eigenvalue weighted by molar-refractivity contribution is -0.137. The van der Waals surface area contributed by atoms with E-state index in [1.165, 1.54) is 18.5 Å². The summed E-state index contributed by atoms with van der Waals surface area (Å²) in [5.41, 5.74) is -0.321. The van der Waals surface area contributed by atoms with Crippen molar-refractivity contribution < 1.29 is 26.7 Å². The van der Waals surface area contributed by atoms with Crippen LogP contribution in [-0.4, -0.2) is 46.7 Å². The smallest absolute Gasteiger partial charge is 0.370 e. The predicted molar refractivity (Wildman–Crippen MR) is 100 cm³/mol. The van der Waals surface area contributed by atoms with Gasteiger partial charge in [-0.1, -0.05) is 12.1 Å². The van der Waals surface area contributed by atoms with Gasteiger partial charge in [-0.15, -0.1) is 0 Å². The lowest BCUT2D eigenvalue weighted by atomic mass is 10.0. The van der Waals surface area contributed by atoms with Crippen molar-refractivity contribution >= 4 is 5.96 Å². The normalized spacial score (nSPS) is 18.2. The average molecular weight is 431 g/mol. The number of guanidine groups is 1. The number of aromatic nitrogens is 2. The highest BCUT2D eigenvalue weighted by Crippen LogP contribution is 2.32. The van der Waals surface area contributed by atoms with Crippen molar-refractivity contribution in [3.8, 4) is 0 Å².